The zero-order valence-electron chi connectivity index (χ0n) is 12.0. The number of hydrogen-bond donors (Lipinski definition) is 5. The Balaban J connectivity index is 5.03. The van der Waals surface area contributed by atoms with Crippen molar-refractivity contribution in [1.29, 1.82) is 0 Å². The maximum absolute atomic E-state index is 11.3. The number of hydrogen-bond acceptors (Lipinski definition) is 7. The number of carbonyl (C=O) groups is 1. The highest BCUT2D eigenvalue weighted by Gasteiger charge is 2.36. The van der Waals surface area contributed by atoms with Crippen LogP contribution < -0.4 is 5.32 Å². The molecule has 0 aromatic rings. The second-order valence-electron chi connectivity index (χ2n) is 4.24. The van der Waals surface area contributed by atoms with E-state index in [4.69, 9.17) is 5.11 Å². The van der Waals surface area contributed by atoms with E-state index in [0.717, 1.165) is 11.5 Å². The van der Waals surface area contributed by atoms with Gasteiger partial charge >= 0.3 is 0 Å². The molecular weight excluding hydrogens is 302 g/mol. The van der Waals surface area contributed by atoms with Crippen molar-refractivity contribution in [3.63, 3.8) is 0 Å². The van der Waals surface area contributed by atoms with Crippen molar-refractivity contribution >= 4 is 29.4 Å². The zero-order chi connectivity index (χ0) is 15.7. The Kier molecular flexibility index (Phi) is 10.7. The van der Waals surface area contributed by atoms with Crippen LogP contribution in [0.1, 0.15) is 20.8 Å². The molecule has 20 heavy (non-hydrogen) atoms. The van der Waals surface area contributed by atoms with Gasteiger partial charge < -0.3 is 25.7 Å². The molecule has 0 aliphatic heterocycles. The summed E-state index contributed by atoms with van der Waals surface area (Å²) in [6.07, 6.45) is -4.32. The molecule has 0 saturated carbocycles. The van der Waals surface area contributed by atoms with Gasteiger partial charge in [-0.05, 0) is 11.5 Å². The van der Waals surface area contributed by atoms with Crippen LogP contribution in [0.3, 0.4) is 0 Å². The molecule has 8 heteroatoms. The van der Waals surface area contributed by atoms with Crippen LogP contribution in [-0.4, -0.2) is 73.4 Å². The minimum atomic E-state index is -1.52. The molecule has 0 rings (SSSR count). The van der Waals surface area contributed by atoms with E-state index in [0.29, 0.717) is 0 Å². The lowest BCUT2D eigenvalue weighted by atomic mass is 10.0. The topological polar surface area (TPSA) is 110 Å². The molecule has 0 saturated heterocycles. The van der Waals surface area contributed by atoms with Crippen LogP contribution in [0, 0.1) is 0 Å². The van der Waals surface area contributed by atoms with Gasteiger partial charge in [0.05, 0.1) is 17.2 Å². The Hall–Kier alpha value is 0.01000. The molecule has 0 aliphatic rings. The van der Waals surface area contributed by atoms with Crippen molar-refractivity contribution in [2.75, 3.05) is 18.1 Å². The van der Waals surface area contributed by atoms with Gasteiger partial charge in [-0.15, -0.1) is 23.5 Å². The largest absolute Gasteiger partial charge is 0.394 e. The summed E-state index contributed by atoms with van der Waals surface area (Å²) >= 11 is 3.10. The fraction of sp³-hybridized carbons (Fsp3) is 0.917. The fourth-order valence-electron chi connectivity index (χ4n) is 1.68. The highest BCUT2D eigenvalue weighted by Crippen LogP contribution is 2.29. The molecule has 0 aromatic heterocycles. The van der Waals surface area contributed by atoms with Crippen LogP contribution in [0.25, 0.3) is 0 Å². The third-order valence-electron chi connectivity index (χ3n) is 2.62. The van der Waals surface area contributed by atoms with Gasteiger partial charge in [-0.3, -0.25) is 4.79 Å². The molecule has 6 nitrogen and oxygen atoms in total. The molecule has 0 aliphatic carbocycles. The van der Waals surface area contributed by atoms with E-state index < -0.39 is 31.0 Å². The SMILES string of the molecule is CCSC(SCC)[C@H](NC(C)=O)[C@@H](O)[C@H](O)[C@H](O)CO. The fourth-order valence-corrected chi connectivity index (χ4v) is 4.41. The number of aliphatic hydroxyl groups is 4. The average molecular weight is 327 g/mol. The summed E-state index contributed by atoms with van der Waals surface area (Å²) in [6.45, 7) is 4.60. The van der Waals surface area contributed by atoms with Crippen molar-refractivity contribution in [1.82, 2.24) is 5.32 Å². The van der Waals surface area contributed by atoms with Crippen LogP contribution in [-0.2, 0) is 4.79 Å². The maximum Gasteiger partial charge on any atom is 0.217 e. The first-order valence-corrected chi connectivity index (χ1v) is 8.64. The smallest absolute Gasteiger partial charge is 0.217 e. The van der Waals surface area contributed by atoms with Gasteiger partial charge in [0, 0.05) is 6.92 Å². The van der Waals surface area contributed by atoms with E-state index in [-0.39, 0.29) is 10.5 Å². The predicted octanol–water partition coefficient (Wildman–Crippen LogP) is -0.602. The first-order chi connectivity index (χ1) is 9.38. The van der Waals surface area contributed by atoms with Gasteiger partial charge in [0.25, 0.3) is 0 Å². The molecule has 1 amide bonds. The molecule has 0 spiro atoms. The van der Waals surface area contributed by atoms with Crippen LogP contribution in [0.5, 0.6) is 0 Å². The zero-order valence-corrected chi connectivity index (χ0v) is 13.7. The summed E-state index contributed by atoms with van der Waals surface area (Å²) in [6, 6.07) is -0.710. The first kappa shape index (κ1) is 20.0. The quantitative estimate of drug-likeness (QED) is 0.341. The Morgan fingerprint density at radius 3 is 1.95 bits per heavy atom. The molecule has 5 N–H and O–H groups in total. The van der Waals surface area contributed by atoms with E-state index in [2.05, 4.69) is 5.32 Å². The number of rotatable bonds is 10. The van der Waals surface area contributed by atoms with E-state index in [1.54, 1.807) is 23.5 Å². The maximum atomic E-state index is 11.3. The summed E-state index contributed by atoms with van der Waals surface area (Å²) in [4.78, 5) is 11.3. The van der Waals surface area contributed by atoms with Crippen LogP contribution in [0.4, 0.5) is 0 Å². The Labute approximate surface area is 128 Å². The monoisotopic (exact) mass is 327 g/mol. The Bertz CT molecular complexity index is 277. The molecule has 120 valence electrons. The standard InChI is InChI=1S/C12H25NO5S2/c1-4-19-12(20-5-2)9(13-7(3)15)11(18)10(17)8(16)6-14/h8-12,14,16-18H,4-6H2,1-3H3,(H,13,15)/t8-,9-,10-,11-/m1/s1. The average Bonchev–Trinajstić information content (AvgIpc) is 2.42. The van der Waals surface area contributed by atoms with Gasteiger partial charge in [0.2, 0.25) is 5.91 Å². The van der Waals surface area contributed by atoms with Crippen molar-refractivity contribution < 1.29 is 25.2 Å². The summed E-state index contributed by atoms with van der Waals surface area (Å²) in [5, 5.41) is 40.9. The van der Waals surface area contributed by atoms with Gasteiger partial charge in [0.1, 0.15) is 18.3 Å². The minimum absolute atomic E-state index is 0.149. The Morgan fingerprint density at radius 1 is 1.10 bits per heavy atom. The predicted molar refractivity (Wildman–Crippen MR) is 82.8 cm³/mol. The van der Waals surface area contributed by atoms with Crippen molar-refractivity contribution in [2.24, 2.45) is 0 Å². The molecule has 4 atom stereocenters. The number of nitrogens with one attached hydrogen (secondary N) is 1. The summed E-state index contributed by atoms with van der Waals surface area (Å²) in [5.74, 6) is 1.26. The summed E-state index contributed by atoms with van der Waals surface area (Å²) in [5.41, 5.74) is 0. The minimum Gasteiger partial charge on any atom is -0.394 e. The number of aliphatic hydroxyl groups excluding tert-OH is 4. The lowest BCUT2D eigenvalue weighted by Crippen LogP contribution is -2.55. The molecule has 0 radical (unpaired) electrons. The molecule has 0 bridgehead atoms. The second-order valence-corrected chi connectivity index (χ2v) is 7.37. The lowest BCUT2D eigenvalue weighted by molar-refractivity contribution is -0.123. The van der Waals surface area contributed by atoms with Crippen molar-refractivity contribution in [3.8, 4) is 0 Å². The molecule has 0 fully saturated rings. The van der Waals surface area contributed by atoms with E-state index in [1.807, 2.05) is 13.8 Å². The molecular formula is C12H25NO5S2. The van der Waals surface area contributed by atoms with E-state index in [1.165, 1.54) is 6.92 Å². The van der Waals surface area contributed by atoms with Crippen molar-refractivity contribution in [3.05, 3.63) is 0 Å². The molecule has 0 aromatic carbocycles. The molecule has 0 heterocycles. The van der Waals surface area contributed by atoms with Crippen LogP contribution in [0.15, 0.2) is 0 Å². The number of thioether (sulfide) groups is 2. The highest BCUT2D eigenvalue weighted by molar-refractivity contribution is 8.17. The normalized spacial score (nSPS) is 17.6. The second kappa shape index (κ2) is 10.7. The van der Waals surface area contributed by atoms with Crippen LogP contribution >= 0.6 is 23.5 Å². The number of carbonyl (C=O) groups excluding carboxylic acids is 1. The van der Waals surface area contributed by atoms with Gasteiger partial charge in [0.15, 0.2) is 0 Å². The third-order valence-corrected chi connectivity index (χ3v) is 5.35. The van der Waals surface area contributed by atoms with Gasteiger partial charge in [-0.25, -0.2) is 0 Å². The lowest BCUT2D eigenvalue weighted by Gasteiger charge is -2.34. The highest BCUT2D eigenvalue weighted by atomic mass is 32.2. The van der Waals surface area contributed by atoms with Crippen LogP contribution in [0.2, 0.25) is 0 Å². The third kappa shape index (κ3) is 6.64. The van der Waals surface area contributed by atoms with Gasteiger partial charge in [-0.2, -0.15) is 0 Å². The van der Waals surface area contributed by atoms with E-state index >= 15 is 0 Å². The van der Waals surface area contributed by atoms with Gasteiger partial charge in [-0.1, -0.05) is 13.8 Å². The summed E-state index contributed by atoms with van der Waals surface area (Å²) in [7, 11) is 0. The first-order valence-electron chi connectivity index (χ1n) is 6.54. The van der Waals surface area contributed by atoms with E-state index in [9.17, 15) is 20.1 Å². The summed E-state index contributed by atoms with van der Waals surface area (Å²) < 4.78 is -0.149. The van der Waals surface area contributed by atoms with Crippen molar-refractivity contribution in [2.45, 2.75) is 49.7 Å². The molecule has 0 unspecified atom stereocenters. The Morgan fingerprint density at radius 2 is 1.60 bits per heavy atom. The number of amides is 1.